The molecular formula is C17H17Cl2N. The summed E-state index contributed by atoms with van der Waals surface area (Å²) in [5.41, 5.74) is 2.42. The van der Waals surface area contributed by atoms with Crippen molar-refractivity contribution in [2.45, 2.75) is 18.9 Å². The Morgan fingerprint density at radius 2 is 1.65 bits per heavy atom. The quantitative estimate of drug-likeness (QED) is 0.851. The van der Waals surface area contributed by atoms with Gasteiger partial charge in [0.2, 0.25) is 0 Å². The van der Waals surface area contributed by atoms with Gasteiger partial charge >= 0.3 is 0 Å². The first-order valence-corrected chi connectivity index (χ1v) is 7.72. The molecule has 1 saturated heterocycles. The fraction of sp³-hybridized carbons (Fsp3) is 0.294. The van der Waals surface area contributed by atoms with Crippen molar-refractivity contribution in [3.8, 4) is 0 Å². The molecule has 0 bridgehead atoms. The summed E-state index contributed by atoms with van der Waals surface area (Å²) in [7, 11) is 0. The smallest absolute Gasteiger partial charge is 0.0468 e. The highest BCUT2D eigenvalue weighted by Gasteiger charge is 2.31. The van der Waals surface area contributed by atoms with Crippen molar-refractivity contribution in [2.75, 3.05) is 6.54 Å². The van der Waals surface area contributed by atoms with Gasteiger partial charge in [-0.3, -0.25) is 0 Å². The molecule has 1 nitrogen and oxygen atoms in total. The van der Waals surface area contributed by atoms with E-state index in [1.165, 1.54) is 5.56 Å². The number of benzene rings is 2. The van der Waals surface area contributed by atoms with Gasteiger partial charge in [0.15, 0.2) is 0 Å². The van der Waals surface area contributed by atoms with E-state index in [0.717, 1.165) is 35.0 Å². The van der Waals surface area contributed by atoms with Gasteiger partial charge in [-0.15, -0.1) is 0 Å². The molecule has 1 N–H and O–H groups in total. The Balaban J connectivity index is 1.86. The number of hydrogen-bond acceptors (Lipinski definition) is 1. The molecule has 2 atom stereocenters. The fourth-order valence-electron chi connectivity index (χ4n) is 3.04. The minimum absolute atomic E-state index is 0.247. The molecule has 3 heteroatoms. The summed E-state index contributed by atoms with van der Waals surface area (Å²) < 4.78 is 0. The predicted molar refractivity (Wildman–Crippen MR) is 85.5 cm³/mol. The van der Waals surface area contributed by atoms with Crippen LogP contribution in [0, 0.1) is 5.92 Å². The Kier molecular flexibility index (Phi) is 4.30. The molecule has 0 radical (unpaired) electrons. The van der Waals surface area contributed by atoms with Crippen LogP contribution in [0.4, 0.5) is 0 Å². The molecule has 2 aromatic carbocycles. The average molecular weight is 306 g/mol. The Morgan fingerprint density at radius 1 is 0.950 bits per heavy atom. The summed E-state index contributed by atoms with van der Waals surface area (Å²) >= 11 is 12.7. The van der Waals surface area contributed by atoms with Crippen LogP contribution in [0.25, 0.3) is 0 Å². The molecule has 104 valence electrons. The molecule has 0 amide bonds. The molecule has 1 aliphatic heterocycles. The second-order valence-corrected chi connectivity index (χ2v) is 6.12. The normalized spacial score (nSPS) is 22.1. The molecule has 3 rings (SSSR count). The van der Waals surface area contributed by atoms with Crippen LogP contribution in [0.15, 0.2) is 48.5 Å². The van der Waals surface area contributed by atoms with Gasteiger partial charge in [-0.2, -0.15) is 0 Å². The van der Waals surface area contributed by atoms with E-state index in [9.17, 15) is 0 Å². The van der Waals surface area contributed by atoms with E-state index in [4.69, 9.17) is 23.2 Å². The second kappa shape index (κ2) is 6.17. The molecule has 1 heterocycles. The number of hydrogen-bond donors (Lipinski definition) is 1. The van der Waals surface area contributed by atoms with E-state index in [1.54, 1.807) is 0 Å². The lowest BCUT2D eigenvalue weighted by atomic mass is 9.88. The Morgan fingerprint density at radius 3 is 2.35 bits per heavy atom. The van der Waals surface area contributed by atoms with Gasteiger partial charge in [0.05, 0.1) is 0 Å². The lowest BCUT2D eigenvalue weighted by molar-refractivity contribution is 0.460. The van der Waals surface area contributed by atoms with Crippen molar-refractivity contribution in [1.29, 1.82) is 0 Å². The summed E-state index contributed by atoms with van der Waals surface area (Å²) in [5, 5.41) is 5.07. The van der Waals surface area contributed by atoms with E-state index in [-0.39, 0.29) is 6.04 Å². The van der Waals surface area contributed by atoms with Crippen LogP contribution >= 0.6 is 23.2 Å². The highest BCUT2D eigenvalue weighted by Crippen LogP contribution is 2.39. The average Bonchev–Trinajstić information content (AvgIpc) is 2.88. The maximum absolute atomic E-state index is 6.35. The van der Waals surface area contributed by atoms with E-state index < -0.39 is 0 Å². The van der Waals surface area contributed by atoms with Crippen LogP contribution in [0.1, 0.15) is 23.6 Å². The SMILES string of the molecule is Clc1cccc(Cl)c1C1NCCC1Cc1ccccc1. The van der Waals surface area contributed by atoms with E-state index in [2.05, 4.69) is 35.6 Å². The molecule has 0 aliphatic carbocycles. The van der Waals surface area contributed by atoms with Crippen LogP contribution in [0.5, 0.6) is 0 Å². The molecule has 2 unspecified atom stereocenters. The lowest BCUT2D eigenvalue weighted by Crippen LogP contribution is -2.20. The van der Waals surface area contributed by atoms with Crippen molar-refractivity contribution < 1.29 is 0 Å². The Hall–Kier alpha value is -1.02. The lowest BCUT2D eigenvalue weighted by Gasteiger charge is -2.22. The fourth-order valence-corrected chi connectivity index (χ4v) is 3.67. The Labute approximate surface area is 129 Å². The van der Waals surface area contributed by atoms with E-state index in [1.807, 2.05) is 18.2 Å². The summed E-state index contributed by atoms with van der Waals surface area (Å²) in [6, 6.07) is 16.6. The first-order chi connectivity index (χ1) is 9.75. The van der Waals surface area contributed by atoms with Gasteiger partial charge in [-0.1, -0.05) is 59.6 Å². The zero-order valence-electron chi connectivity index (χ0n) is 11.2. The highest BCUT2D eigenvalue weighted by molar-refractivity contribution is 6.36. The summed E-state index contributed by atoms with van der Waals surface area (Å²) in [5.74, 6) is 0.537. The van der Waals surface area contributed by atoms with Crippen LogP contribution in [-0.4, -0.2) is 6.54 Å². The molecule has 2 aromatic rings. The standard InChI is InChI=1S/C17H17Cl2N/c18-14-7-4-8-15(19)16(14)17-13(9-10-20-17)11-12-5-2-1-3-6-12/h1-8,13,17,20H,9-11H2. The maximum Gasteiger partial charge on any atom is 0.0468 e. The minimum atomic E-state index is 0.247. The topological polar surface area (TPSA) is 12.0 Å². The molecule has 20 heavy (non-hydrogen) atoms. The van der Waals surface area contributed by atoms with Crippen molar-refractivity contribution in [1.82, 2.24) is 5.32 Å². The molecule has 0 aromatic heterocycles. The van der Waals surface area contributed by atoms with Crippen molar-refractivity contribution in [2.24, 2.45) is 5.92 Å². The Bertz CT molecular complexity index is 563. The number of nitrogens with one attached hydrogen (secondary N) is 1. The number of rotatable bonds is 3. The third-order valence-corrected chi connectivity index (χ3v) is 4.66. The predicted octanol–water partition coefficient (Wildman–Crippen LogP) is 4.89. The van der Waals surface area contributed by atoms with Gasteiger partial charge in [0.25, 0.3) is 0 Å². The van der Waals surface area contributed by atoms with Crippen LogP contribution in [-0.2, 0) is 6.42 Å². The highest BCUT2D eigenvalue weighted by atomic mass is 35.5. The summed E-state index contributed by atoms with van der Waals surface area (Å²) in [4.78, 5) is 0. The van der Waals surface area contributed by atoms with Crippen molar-refractivity contribution in [3.05, 3.63) is 69.7 Å². The van der Waals surface area contributed by atoms with Crippen LogP contribution < -0.4 is 5.32 Å². The molecule has 0 saturated carbocycles. The van der Waals surface area contributed by atoms with E-state index in [0.29, 0.717) is 5.92 Å². The van der Waals surface area contributed by atoms with Gasteiger partial charge < -0.3 is 5.32 Å². The third kappa shape index (κ3) is 2.85. The zero-order valence-corrected chi connectivity index (χ0v) is 12.7. The third-order valence-electron chi connectivity index (χ3n) is 4.00. The summed E-state index contributed by atoms with van der Waals surface area (Å²) in [6.07, 6.45) is 2.21. The first kappa shape index (κ1) is 13.9. The maximum atomic E-state index is 6.35. The van der Waals surface area contributed by atoms with Gasteiger partial charge in [-0.25, -0.2) is 0 Å². The van der Waals surface area contributed by atoms with Gasteiger partial charge in [0.1, 0.15) is 0 Å². The second-order valence-electron chi connectivity index (χ2n) is 5.31. The van der Waals surface area contributed by atoms with Crippen molar-refractivity contribution in [3.63, 3.8) is 0 Å². The minimum Gasteiger partial charge on any atom is -0.310 e. The number of halogens is 2. The molecule has 1 aliphatic rings. The monoisotopic (exact) mass is 305 g/mol. The molecule has 0 spiro atoms. The molecule has 1 fully saturated rings. The first-order valence-electron chi connectivity index (χ1n) is 6.97. The summed E-state index contributed by atoms with van der Waals surface area (Å²) in [6.45, 7) is 1.02. The molecular weight excluding hydrogens is 289 g/mol. The van der Waals surface area contributed by atoms with E-state index >= 15 is 0 Å². The largest absolute Gasteiger partial charge is 0.310 e. The van der Waals surface area contributed by atoms with Crippen molar-refractivity contribution >= 4 is 23.2 Å². The van der Waals surface area contributed by atoms with Crippen LogP contribution in [0.2, 0.25) is 10.0 Å². The van der Waals surface area contributed by atoms with Gasteiger partial charge in [-0.05, 0) is 43.0 Å². The van der Waals surface area contributed by atoms with Gasteiger partial charge in [0, 0.05) is 21.7 Å². The zero-order chi connectivity index (χ0) is 13.9. The van der Waals surface area contributed by atoms with Crippen LogP contribution in [0.3, 0.4) is 0 Å².